The van der Waals surface area contributed by atoms with E-state index in [4.69, 9.17) is 26.7 Å². The van der Waals surface area contributed by atoms with Crippen LogP contribution < -0.4 is 5.32 Å². The Bertz CT molecular complexity index is 1810. The first kappa shape index (κ1) is 26.8. The number of nitrogens with zero attached hydrogens (tertiary/aromatic N) is 6. The number of nitrogens with one attached hydrogen (secondary N) is 1. The van der Waals surface area contributed by atoms with Gasteiger partial charge in [0.25, 0.3) is 0 Å². The van der Waals surface area contributed by atoms with Crippen molar-refractivity contribution in [3.05, 3.63) is 138 Å². The zero-order valence-electron chi connectivity index (χ0n) is 22.2. The molecular formula is C32H24ClN7O2. The number of pyridine rings is 2. The summed E-state index contributed by atoms with van der Waals surface area (Å²) >= 11 is 6.36. The fourth-order valence-corrected chi connectivity index (χ4v) is 5.05. The maximum atomic E-state index is 11.0. The molecule has 10 heteroatoms. The van der Waals surface area contributed by atoms with Crippen LogP contribution in [0, 0.1) is 0 Å². The van der Waals surface area contributed by atoms with Crippen LogP contribution in [0.25, 0.3) is 27.9 Å². The molecule has 3 heterocycles. The quantitative estimate of drug-likeness (QED) is 0.203. The first-order valence-electron chi connectivity index (χ1n) is 13.1. The summed E-state index contributed by atoms with van der Waals surface area (Å²) < 4.78 is 1.59. The average Bonchev–Trinajstić information content (AvgIpc) is 3.56. The molecule has 6 aromatic rings. The van der Waals surface area contributed by atoms with Gasteiger partial charge in [0.05, 0.1) is 11.4 Å². The van der Waals surface area contributed by atoms with Gasteiger partial charge < -0.3 is 5.11 Å². The smallest absolute Gasteiger partial charge is 0.409 e. The van der Waals surface area contributed by atoms with E-state index in [1.54, 1.807) is 35.4 Å². The van der Waals surface area contributed by atoms with E-state index in [1.807, 2.05) is 66.9 Å². The summed E-state index contributed by atoms with van der Waals surface area (Å²) in [5.74, 6) is -0.118. The number of amides is 1. The fourth-order valence-electron chi connectivity index (χ4n) is 4.88. The van der Waals surface area contributed by atoms with Crippen LogP contribution in [-0.2, 0) is 6.42 Å². The summed E-state index contributed by atoms with van der Waals surface area (Å²) in [6, 6.07) is 31.1. The van der Waals surface area contributed by atoms with E-state index in [0.29, 0.717) is 17.1 Å². The highest BCUT2D eigenvalue weighted by atomic mass is 35.5. The lowest BCUT2D eigenvalue weighted by Crippen LogP contribution is -2.09. The van der Waals surface area contributed by atoms with Crippen LogP contribution in [0.1, 0.15) is 22.9 Å². The topological polar surface area (TPSA) is 119 Å². The Balaban J connectivity index is 1.36. The largest absolute Gasteiger partial charge is 0.465 e. The molecule has 3 aromatic carbocycles. The second-order valence-electron chi connectivity index (χ2n) is 9.61. The van der Waals surface area contributed by atoms with Crippen molar-refractivity contribution in [2.75, 3.05) is 5.32 Å². The van der Waals surface area contributed by atoms with Crippen molar-refractivity contribution in [2.24, 2.45) is 0 Å². The number of hydrogen-bond donors (Lipinski definition) is 2. The van der Waals surface area contributed by atoms with E-state index >= 15 is 0 Å². The molecule has 1 amide bonds. The number of halogens is 1. The van der Waals surface area contributed by atoms with Crippen LogP contribution >= 0.6 is 11.6 Å². The molecular weight excluding hydrogens is 550 g/mol. The van der Waals surface area contributed by atoms with E-state index in [9.17, 15) is 4.79 Å². The van der Waals surface area contributed by atoms with Gasteiger partial charge in [-0.3, -0.25) is 15.3 Å². The summed E-state index contributed by atoms with van der Waals surface area (Å²) in [5.41, 5.74) is 7.88. The highest BCUT2D eigenvalue weighted by Crippen LogP contribution is 2.33. The summed E-state index contributed by atoms with van der Waals surface area (Å²) in [4.78, 5) is 20.7. The van der Waals surface area contributed by atoms with Crippen molar-refractivity contribution in [3.63, 3.8) is 0 Å². The number of hydrogen-bond acceptors (Lipinski definition) is 6. The third-order valence-corrected chi connectivity index (χ3v) is 7.13. The number of benzene rings is 3. The molecule has 0 aliphatic carbocycles. The van der Waals surface area contributed by atoms with Crippen molar-refractivity contribution < 1.29 is 9.90 Å². The Labute approximate surface area is 246 Å². The van der Waals surface area contributed by atoms with Crippen LogP contribution in [-0.4, -0.2) is 41.4 Å². The molecule has 42 heavy (non-hydrogen) atoms. The first-order valence-corrected chi connectivity index (χ1v) is 13.5. The molecule has 0 bridgehead atoms. The Morgan fingerprint density at radius 3 is 2.38 bits per heavy atom. The van der Waals surface area contributed by atoms with Gasteiger partial charge in [-0.15, -0.1) is 5.10 Å². The number of tetrazole rings is 1. The Morgan fingerprint density at radius 1 is 0.857 bits per heavy atom. The predicted octanol–water partition coefficient (Wildman–Crippen LogP) is 6.90. The van der Waals surface area contributed by atoms with Crippen LogP contribution in [0.5, 0.6) is 0 Å². The van der Waals surface area contributed by atoms with E-state index in [1.165, 1.54) is 5.56 Å². The van der Waals surface area contributed by atoms with E-state index in [-0.39, 0.29) is 5.92 Å². The Kier molecular flexibility index (Phi) is 7.65. The SMILES string of the molecule is O=C(O)Nc1ccc(-c2ccnc(C(Cc3ccccc3)c3ccc(-c4cc(Cl)ccc4-n4cnnn4)cn3)c2)cc1. The summed E-state index contributed by atoms with van der Waals surface area (Å²) in [6.45, 7) is 0. The molecule has 0 spiro atoms. The zero-order valence-corrected chi connectivity index (χ0v) is 22.9. The van der Waals surface area contributed by atoms with Gasteiger partial charge in [0.15, 0.2) is 0 Å². The number of carbonyl (C=O) groups is 1. The highest BCUT2D eigenvalue weighted by molar-refractivity contribution is 6.31. The maximum absolute atomic E-state index is 11.0. The first-order chi connectivity index (χ1) is 20.5. The van der Waals surface area contributed by atoms with E-state index < -0.39 is 6.09 Å². The van der Waals surface area contributed by atoms with Crippen molar-refractivity contribution >= 4 is 23.4 Å². The third-order valence-electron chi connectivity index (χ3n) is 6.90. The molecule has 1 atom stereocenters. The van der Waals surface area contributed by atoms with Gasteiger partial charge in [0.1, 0.15) is 6.33 Å². The molecule has 6 rings (SSSR count). The van der Waals surface area contributed by atoms with Gasteiger partial charge in [0.2, 0.25) is 0 Å². The molecule has 1 unspecified atom stereocenters. The maximum Gasteiger partial charge on any atom is 0.409 e. The zero-order chi connectivity index (χ0) is 28.9. The normalized spacial score (nSPS) is 11.6. The number of rotatable bonds is 8. The number of anilines is 1. The van der Waals surface area contributed by atoms with E-state index in [2.05, 4.69) is 39.0 Å². The van der Waals surface area contributed by atoms with Gasteiger partial charge >= 0.3 is 6.09 Å². The van der Waals surface area contributed by atoms with Crippen LogP contribution in [0.3, 0.4) is 0 Å². The van der Waals surface area contributed by atoms with Gasteiger partial charge in [-0.1, -0.05) is 60.1 Å². The minimum absolute atomic E-state index is 0.118. The van der Waals surface area contributed by atoms with Crippen molar-refractivity contribution in [1.82, 2.24) is 30.2 Å². The van der Waals surface area contributed by atoms with Crippen LogP contribution in [0.15, 0.2) is 116 Å². The second kappa shape index (κ2) is 12.0. The predicted molar refractivity (Wildman–Crippen MR) is 161 cm³/mol. The minimum Gasteiger partial charge on any atom is -0.465 e. The van der Waals surface area contributed by atoms with Gasteiger partial charge in [-0.25, -0.2) is 4.79 Å². The molecule has 0 fully saturated rings. The number of carboxylic acid groups (broad SMARTS) is 1. The molecule has 0 radical (unpaired) electrons. The number of aromatic nitrogens is 6. The fraction of sp³-hybridized carbons (Fsp3) is 0.0625. The Morgan fingerprint density at radius 2 is 1.67 bits per heavy atom. The van der Waals surface area contributed by atoms with Crippen LogP contribution in [0.2, 0.25) is 5.02 Å². The van der Waals surface area contributed by atoms with Crippen LogP contribution in [0.4, 0.5) is 10.5 Å². The van der Waals surface area contributed by atoms with Crippen molar-refractivity contribution in [1.29, 1.82) is 0 Å². The average molecular weight is 574 g/mol. The van der Waals surface area contributed by atoms with Crippen molar-refractivity contribution in [2.45, 2.75) is 12.3 Å². The summed E-state index contributed by atoms with van der Waals surface area (Å²) in [6.07, 6.45) is 4.78. The second-order valence-corrected chi connectivity index (χ2v) is 10.0. The standard InChI is InChI=1S/C32H24ClN7O2/c33-25-9-13-31(40-20-36-38-39-40)27(18-25)24-8-12-29(35-19-24)28(16-21-4-2-1-3-5-21)30-17-23(14-15-34-30)22-6-10-26(11-7-22)37-32(41)42/h1-15,17-20,28,37H,16H2,(H,41,42). The van der Waals surface area contributed by atoms with Gasteiger partial charge in [-0.05, 0) is 82.1 Å². The lowest BCUT2D eigenvalue weighted by Gasteiger charge is -2.18. The molecule has 0 saturated heterocycles. The third kappa shape index (κ3) is 6.01. The summed E-state index contributed by atoms with van der Waals surface area (Å²) in [7, 11) is 0. The monoisotopic (exact) mass is 573 g/mol. The molecule has 206 valence electrons. The molecule has 2 N–H and O–H groups in total. The lowest BCUT2D eigenvalue weighted by molar-refractivity contribution is 0.209. The minimum atomic E-state index is -1.10. The molecule has 0 aliphatic rings. The Hall–Kier alpha value is -5.41. The van der Waals surface area contributed by atoms with Gasteiger partial charge in [0, 0.05) is 45.8 Å². The van der Waals surface area contributed by atoms with Crippen molar-refractivity contribution in [3.8, 4) is 27.9 Å². The van der Waals surface area contributed by atoms with E-state index in [0.717, 1.165) is 39.3 Å². The molecule has 0 saturated carbocycles. The lowest BCUT2D eigenvalue weighted by atomic mass is 9.90. The molecule has 0 aliphatic heterocycles. The highest BCUT2D eigenvalue weighted by Gasteiger charge is 2.20. The summed E-state index contributed by atoms with van der Waals surface area (Å²) in [5, 5.41) is 23.5. The molecule has 9 nitrogen and oxygen atoms in total. The van der Waals surface area contributed by atoms with Gasteiger partial charge in [-0.2, -0.15) is 4.68 Å². The molecule has 3 aromatic heterocycles.